The van der Waals surface area contributed by atoms with Crippen LogP contribution in [0.15, 0.2) is 18.3 Å². The van der Waals surface area contributed by atoms with Gasteiger partial charge in [0.2, 0.25) is 0 Å². The van der Waals surface area contributed by atoms with E-state index in [0.29, 0.717) is 0 Å². The maximum atomic E-state index is 4.01. The van der Waals surface area contributed by atoms with Crippen LogP contribution in [0.3, 0.4) is 0 Å². The smallest absolute Gasteiger partial charge is 0.0920 e. The number of nitrogens with zero attached hydrogens (tertiary/aromatic N) is 1. The molecule has 1 rings (SSSR count). The summed E-state index contributed by atoms with van der Waals surface area (Å²) in [7, 11) is 0. The number of aryl methyl sites for hydroxylation is 1. The van der Waals surface area contributed by atoms with Gasteiger partial charge in [0, 0.05) is 6.20 Å². The summed E-state index contributed by atoms with van der Waals surface area (Å²) in [5.74, 6) is 0. The van der Waals surface area contributed by atoms with Crippen molar-refractivity contribution in [2.24, 2.45) is 0 Å². The summed E-state index contributed by atoms with van der Waals surface area (Å²) >= 11 is 0. The van der Waals surface area contributed by atoms with Gasteiger partial charge in [0.25, 0.3) is 0 Å². The predicted octanol–water partition coefficient (Wildman–Crippen LogP) is 4.56. The highest BCUT2D eigenvalue weighted by Gasteiger charge is 1.94. The largest absolute Gasteiger partial charge is 0.254 e. The monoisotopic (exact) mass is 218 g/mol. The molecule has 0 saturated carbocycles. The fourth-order valence-electron chi connectivity index (χ4n) is 1.95. The number of hydrogen-bond donors (Lipinski definition) is 0. The molecule has 1 heteroatoms. The van der Waals surface area contributed by atoms with Crippen molar-refractivity contribution in [3.8, 4) is 0 Å². The van der Waals surface area contributed by atoms with E-state index >= 15 is 0 Å². The second-order valence-corrected chi connectivity index (χ2v) is 4.50. The lowest BCUT2D eigenvalue weighted by molar-refractivity contribution is 0.575. The SMILES string of the molecule is CCCCCCCCCCc1[c]nccc1. The summed E-state index contributed by atoms with van der Waals surface area (Å²) in [6.45, 7) is 2.27. The lowest BCUT2D eigenvalue weighted by atomic mass is 10.1. The molecule has 0 atom stereocenters. The van der Waals surface area contributed by atoms with Gasteiger partial charge in [-0.2, -0.15) is 0 Å². The molecule has 0 saturated heterocycles. The molecule has 1 nitrogen and oxygen atoms in total. The van der Waals surface area contributed by atoms with Crippen molar-refractivity contribution in [3.05, 3.63) is 30.1 Å². The summed E-state index contributed by atoms with van der Waals surface area (Å²) < 4.78 is 0. The molecule has 0 fully saturated rings. The second-order valence-electron chi connectivity index (χ2n) is 4.50. The van der Waals surface area contributed by atoms with E-state index in [-0.39, 0.29) is 0 Å². The number of rotatable bonds is 9. The average molecular weight is 218 g/mol. The highest BCUT2D eigenvalue weighted by atomic mass is 14.6. The van der Waals surface area contributed by atoms with Crippen LogP contribution in [-0.4, -0.2) is 4.98 Å². The Kier molecular flexibility index (Phi) is 7.75. The van der Waals surface area contributed by atoms with Crippen LogP contribution < -0.4 is 0 Å². The molecule has 0 N–H and O–H groups in total. The Bertz CT molecular complexity index is 243. The lowest BCUT2D eigenvalue weighted by Gasteiger charge is -2.01. The summed E-state index contributed by atoms with van der Waals surface area (Å²) in [4.78, 5) is 4.01. The summed E-state index contributed by atoms with van der Waals surface area (Å²) in [6.07, 6.45) is 17.0. The van der Waals surface area contributed by atoms with Gasteiger partial charge in [-0.25, -0.2) is 0 Å². The summed E-state index contributed by atoms with van der Waals surface area (Å²) in [5, 5.41) is 0. The fourth-order valence-corrected chi connectivity index (χ4v) is 1.95. The van der Waals surface area contributed by atoms with Crippen LogP contribution in [0.4, 0.5) is 0 Å². The summed E-state index contributed by atoms with van der Waals surface area (Å²) in [5.41, 5.74) is 1.26. The van der Waals surface area contributed by atoms with E-state index < -0.39 is 0 Å². The van der Waals surface area contributed by atoms with Crippen LogP contribution in [0.2, 0.25) is 0 Å². The Hall–Kier alpha value is -0.850. The Morgan fingerprint density at radius 1 is 1.00 bits per heavy atom. The van der Waals surface area contributed by atoms with Gasteiger partial charge in [0.1, 0.15) is 0 Å². The third-order valence-electron chi connectivity index (χ3n) is 2.97. The van der Waals surface area contributed by atoms with Crippen molar-refractivity contribution in [2.75, 3.05) is 0 Å². The van der Waals surface area contributed by atoms with Gasteiger partial charge in [-0.3, -0.25) is 4.98 Å². The first-order valence-electron chi connectivity index (χ1n) is 6.75. The number of aromatic nitrogens is 1. The maximum absolute atomic E-state index is 4.01. The molecule has 1 heterocycles. The van der Waals surface area contributed by atoms with Crippen LogP contribution in [0.1, 0.15) is 63.9 Å². The van der Waals surface area contributed by atoms with E-state index in [1.165, 1.54) is 56.9 Å². The van der Waals surface area contributed by atoms with E-state index in [1.807, 2.05) is 6.07 Å². The number of pyridine rings is 1. The highest BCUT2D eigenvalue weighted by Crippen LogP contribution is 2.10. The third-order valence-corrected chi connectivity index (χ3v) is 2.97. The quantitative estimate of drug-likeness (QED) is 0.553. The van der Waals surface area contributed by atoms with Crippen molar-refractivity contribution in [1.29, 1.82) is 0 Å². The van der Waals surface area contributed by atoms with Crippen LogP contribution in [0.5, 0.6) is 0 Å². The topological polar surface area (TPSA) is 12.9 Å². The van der Waals surface area contributed by atoms with E-state index in [1.54, 1.807) is 6.20 Å². The Balaban J connectivity index is 1.89. The zero-order valence-electron chi connectivity index (χ0n) is 10.5. The first kappa shape index (κ1) is 13.2. The van der Waals surface area contributed by atoms with Gasteiger partial charge in [-0.1, -0.05) is 57.9 Å². The first-order valence-corrected chi connectivity index (χ1v) is 6.75. The van der Waals surface area contributed by atoms with Crippen molar-refractivity contribution in [1.82, 2.24) is 4.98 Å². The van der Waals surface area contributed by atoms with E-state index in [2.05, 4.69) is 24.2 Å². The molecule has 0 aliphatic rings. The molecule has 1 aromatic heterocycles. The summed E-state index contributed by atoms with van der Waals surface area (Å²) in [6, 6.07) is 4.12. The molecule has 0 aliphatic heterocycles. The molecule has 0 amide bonds. The van der Waals surface area contributed by atoms with Gasteiger partial charge in [0.15, 0.2) is 0 Å². The van der Waals surface area contributed by atoms with Gasteiger partial charge in [0.05, 0.1) is 6.20 Å². The lowest BCUT2D eigenvalue weighted by Crippen LogP contribution is -1.87. The minimum absolute atomic E-state index is 1.14. The van der Waals surface area contributed by atoms with Crippen LogP contribution >= 0.6 is 0 Å². The molecule has 0 aliphatic carbocycles. The zero-order chi connectivity index (χ0) is 11.5. The molecular weight excluding hydrogens is 194 g/mol. The van der Waals surface area contributed by atoms with Gasteiger partial charge in [-0.05, 0) is 24.5 Å². The Morgan fingerprint density at radius 3 is 2.31 bits per heavy atom. The van der Waals surface area contributed by atoms with Crippen molar-refractivity contribution in [2.45, 2.75) is 64.7 Å². The molecule has 1 aromatic rings. The molecule has 0 spiro atoms. The van der Waals surface area contributed by atoms with Gasteiger partial charge < -0.3 is 0 Å². The Labute approximate surface area is 100 Å². The van der Waals surface area contributed by atoms with Crippen LogP contribution in [0, 0.1) is 6.20 Å². The number of hydrogen-bond acceptors (Lipinski definition) is 1. The second kappa shape index (κ2) is 9.38. The molecule has 0 bridgehead atoms. The zero-order valence-corrected chi connectivity index (χ0v) is 10.5. The van der Waals surface area contributed by atoms with Gasteiger partial charge in [-0.15, -0.1) is 0 Å². The minimum Gasteiger partial charge on any atom is -0.254 e. The molecule has 16 heavy (non-hydrogen) atoms. The third kappa shape index (κ3) is 6.60. The highest BCUT2D eigenvalue weighted by molar-refractivity contribution is 5.06. The van der Waals surface area contributed by atoms with E-state index in [4.69, 9.17) is 0 Å². The standard InChI is InChI=1S/C15H24N/c1-2-3-4-5-6-7-8-9-11-15-12-10-13-16-14-15/h10,12-13H,2-9,11H2,1H3. The fraction of sp³-hybridized carbons (Fsp3) is 0.667. The normalized spacial score (nSPS) is 10.6. The maximum Gasteiger partial charge on any atom is 0.0920 e. The van der Waals surface area contributed by atoms with E-state index in [0.717, 1.165) is 6.42 Å². The van der Waals surface area contributed by atoms with Crippen molar-refractivity contribution < 1.29 is 0 Å². The Morgan fingerprint density at radius 2 is 1.69 bits per heavy atom. The van der Waals surface area contributed by atoms with Crippen LogP contribution in [0.25, 0.3) is 0 Å². The molecule has 89 valence electrons. The average Bonchev–Trinajstić information content (AvgIpc) is 2.34. The molecule has 1 radical (unpaired) electrons. The van der Waals surface area contributed by atoms with Crippen molar-refractivity contribution >= 4 is 0 Å². The first-order chi connectivity index (χ1) is 7.93. The van der Waals surface area contributed by atoms with E-state index in [9.17, 15) is 0 Å². The van der Waals surface area contributed by atoms with Crippen LogP contribution in [-0.2, 0) is 6.42 Å². The predicted molar refractivity (Wildman–Crippen MR) is 69.4 cm³/mol. The molecule has 0 unspecified atom stereocenters. The molecular formula is C15H24N. The number of unbranched alkanes of at least 4 members (excludes halogenated alkanes) is 7. The molecule has 0 aromatic carbocycles. The van der Waals surface area contributed by atoms with Gasteiger partial charge >= 0.3 is 0 Å². The minimum atomic E-state index is 1.14. The van der Waals surface area contributed by atoms with Crippen molar-refractivity contribution in [3.63, 3.8) is 0 Å².